The van der Waals surface area contributed by atoms with Crippen LogP contribution in [-0.2, 0) is 38.1 Å². The molecule has 0 aliphatic carbocycles. The summed E-state index contributed by atoms with van der Waals surface area (Å²) in [6, 6.07) is 10.00. The highest BCUT2D eigenvalue weighted by Gasteiger charge is 2.37. The van der Waals surface area contributed by atoms with E-state index in [1.54, 1.807) is 4.90 Å². The molecular formula is C24H25F3N2O4. The summed E-state index contributed by atoms with van der Waals surface area (Å²) in [6.07, 6.45) is -3.10. The van der Waals surface area contributed by atoms with E-state index in [0.29, 0.717) is 0 Å². The van der Waals surface area contributed by atoms with Gasteiger partial charge in [-0.15, -0.1) is 0 Å². The van der Waals surface area contributed by atoms with Gasteiger partial charge in [-0.1, -0.05) is 38.1 Å². The second-order valence-corrected chi connectivity index (χ2v) is 7.77. The van der Waals surface area contributed by atoms with Gasteiger partial charge in [-0.2, -0.15) is 13.2 Å². The van der Waals surface area contributed by atoms with Crippen LogP contribution in [0.15, 0.2) is 42.5 Å². The zero-order chi connectivity index (χ0) is 24.2. The summed E-state index contributed by atoms with van der Waals surface area (Å²) in [4.78, 5) is 38.8. The third kappa shape index (κ3) is 5.71. The Kier molecular flexibility index (Phi) is 7.40. The first kappa shape index (κ1) is 24.3. The largest absolute Gasteiger partial charge is 0.455 e. The molecule has 3 rings (SSSR count). The van der Waals surface area contributed by atoms with Crippen LogP contribution in [0.5, 0.6) is 0 Å². The lowest BCUT2D eigenvalue weighted by Gasteiger charge is -2.23. The molecule has 1 atom stereocenters. The van der Waals surface area contributed by atoms with E-state index in [4.69, 9.17) is 4.74 Å². The number of amides is 2. The Morgan fingerprint density at radius 1 is 1.09 bits per heavy atom. The molecule has 9 heteroatoms. The van der Waals surface area contributed by atoms with Crippen LogP contribution in [0.2, 0.25) is 0 Å². The highest BCUT2D eigenvalue weighted by atomic mass is 19.4. The third-order valence-corrected chi connectivity index (χ3v) is 5.51. The van der Waals surface area contributed by atoms with Crippen LogP contribution < -0.4 is 10.2 Å². The Bertz CT molecular complexity index is 1030. The van der Waals surface area contributed by atoms with Gasteiger partial charge >= 0.3 is 12.1 Å². The van der Waals surface area contributed by atoms with Crippen molar-refractivity contribution >= 4 is 29.2 Å². The molecule has 176 valence electrons. The second-order valence-electron chi connectivity index (χ2n) is 7.77. The molecule has 1 heterocycles. The highest BCUT2D eigenvalue weighted by Crippen LogP contribution is 2.33. The standard InChI is InChI=1S/C24H25F3N2O4/c1-3-15-7-5-8-16(4-2)22(15)29-13-17(11-21(29)31)23(32)33-14-20(30)28-19-10-6-9-18(12-19)24(25,26)27/h5-10,12,17H,3-4,11,13-14H2,1-2H3,(H,28,30)/t17-/m0/s1. The van der Waals surface area contributed by atoms with E-state index in [2.05, 4.69) is 5.32 Å². The van der Waals surface area contributed by atoms with Crippen LogP contribution in [0.4, 0.5) is 24.5 Å². The Morgan fingerprint density at radius 2 is 1.73 bits per heavy atom. The number of halogens is 3. The van der Waals surface area contributed by atoms with Gasteiger partial charge in [0.15, 0.2) is 6.61 Å². The maximum absolute atomic E-state index is 12.8. The molecular weight excluding hydrogens is 437 g/mol. The van der Waals surface area contributed by atoms with Crippen molar-refractivity contribution in [2.24, 2.45) is 5.92 Å². The molecule has 2 aromatic rings. The summed E-state index contributed by atoms with van der Waals surface area (Å²) < 4.78 is 43.4. The lowest BCUT2D eigenvalue weighted by molar-refractivity contribution is -0.151. The predicted molar refractivity (Wildman–Crippen MR) is 117 cm³/mol. The normalized spacial score (nSPS) is 16.1. The number of rotatable bonds is 7. The molecule has 33 heavy (non-hydrogen) atoms. The number of benzene rings is 2. The number of aryl methyl sites for hydroxylation is 2. The van der Waals surface area contributed by atoms with Crippen molar-refractivity contribution in [3.63, 3.8) is 0 Å². The van der Waals surface area contributed by atoms with Gasteiger partial charge in [0.2, 0.25) is 5.91 Å². The molecule has 1 aliphatic heterocycles. The number of esters is 1. The average molecular weight is 462 g/mol. The van der Waals surface area contributed by atoms with Gasteiger partial charge in [0.1, 0.15) is 0 Å². The first-order chi connectivity index (χ1) is 15.6. The number of anilines is 2. The van der Waals surface area contributed by atoms with Crippen molar-refractivity contribution in [1.82, 2.24) is 0 Å². The molecule has 0 bridgehead atoms. The minimum absolute atomic E-state index is 0.0325. The molecule has 0 unspecified atom stereocenters. The molecule has 0 aromatic heterocycles. The van der Waals surface area contributed by atoms with Gasteiger partial charge in [-0.25, -0.2) is 0 Å². The first-order valence-corrected chi connectivity index (χ1v) is 10.7. The first-order valence-electron chi connectivity index (χ1n) is 10.7. The molecule has 2 amide bonds. The summed E-state index contributed by atoms with van der Waals surface area (Å²) in [6.45, 7) is 3.48. The average Bonchev–Trinajstić information content (AvgIpc) is 3.17. The summed E-state index contributed by atoms with van der Waals surface area (Å²) >= 11 is 0. The zero-order valence-corrected chi connectivity index (χ0v) is 18.4. The third-order valence-electron chi connectivity index (χ3n) is 5.51. The molecule has 1 fully saturated rings. The number of carbonyl (C=O) groups is 3. The number of para-hydroxylation sites is 1. The Labute approximate surface area is 189 Å². The van der Waals surface area contributed by atoms with Crippen LogP contribution in [0.25, 0.3) is 0 Å². The molecule has 1 N–H and O–H groups in total. The fraction of sp³-hybridized carbons (Fsp3) is 0.375. The van der Waals surface area contributed by atoms with Crippen molar-refractivity contribution in [3.8, 4) is 0 Å². The van der Waals surface area contributed by atoms with Crippen LogP contribution >= 0.6 is 0 Å². The van der Waals surface area contributed by atoms with E-state index < -0.39 is 36.1 Å². The van der Waals surface area contributed by atoms with Crippen LogP contribution in [-0.4, -0.2) is 30.9 Å². The Hall–Kier alpha value is -3.36. The molecule has 6 nitrogen and oxygen atoms in total. The van der Waals surface area contributed by atoms with Crippen molar-refractivity contribution in [3.05, 3.63) is 59.2 Å². The molecule has 1 saturated heterocycles. The molecule has 0 saturated carbocycles. The van der Waals surface area contributed by atoms with Gasteiger partial charge < -0.3 is 15.0 Å². The van der Waals surface area contributed by atoms with E-state index in [0.717, 1.165) is 41.8 Å². The predicted octanol–water partition coefficient (Wildman–Crippen LogP) is 4.37. The van der Waals surface area contributed by atoms with Crippen LogP contribution in [0, 0.1) is 5.92 Å². The van der Waals surface area contributed by atoms with Crippen LogP contribution in [0.3, 0.4) is 0 Å². The topological polar surface area (TPSA) is 75.7 Å². The van der Waals surface area contributed by atoms with E-state index >= 15 is 0 Å². The summed E-state index contributed by atoms with van der Waals surface area (Å²) in [7, 11) is 0. The zero-order valence-electron chi connectivity index (χ0n) is 18.4. The van der Waals surface area contributed by atoms with Gasteiger partial charge in [0.25, 0.3) is 5.91 Å². The number of hydrogen-bond donors (Lipinski definition) is 1. The Balaban J connectivity index is 1.60. The number of hydrogen-bond acceptors (Lipinski definition) is 4. The van der Waals surface area contributed by atoms with Gasteiger partial charge in [0.05, 0.1) is 11.5 Å². The van der Waals surface area contributed by atoms with E-state index in [1.807, 2.05) is 32.0 Å². The van der Waals surface area contributed by atoms with Gasteiger partial charge in [-0.05, 0) is 42.2 Å². The quantitative estimate of drug-likeness (QED) is 0.621. The maximum Gasteiger partial charge on any atom is 0.416 e. The summed E-state index contributed by atoms with van der Waals surface area (Å²) in [5, 5.41) is 2.28. The monoisotopic (exact) mass is 462 g/mol. The van der Waals surface area contributed by atoms with Crippen LogP contribution in [0.1, 0.15) is 37.0 Å². The highest BCUT2D eigenvalue weighted by molar-refractivity contribution is 6.01. The molecule has 2 aromatic carbocycles. The van der Waals surface area contributed by atoms with Crippen molar-refractivity contribution in [1.29, 1.82) is 0 Å². The van der Waals surface area contributed by atoms with E-state index in [-0.39, 0.29) is 24.6 Å². The lowest BCUT2D eigenvalue weighted by atomic mass is 10.0. The number of carbonyl (C=O) groups excluding carboxylic acids is 3. The van der Waals surface area contributed by atoms with Gasteiger partial charge in [0, 0.05) is 24.3 Å². The van der Waals surface area contributed by atoms with E-state index in [9.17, 15) is 27.6 Å². The van der Waals surface area contributed by atoms with Crippen molar-refractivity contribution in [2.45, 2.75) is 39.3 Å². The summed E-state index contributed by atoms with van der Waals surface area (Å²) in [5.41, 5.74) is 1.89. The number of nitrogens with one attached hydrogen (secondary N) is 1. The fourth-order valence-electron chi connectivity index (χ4n) is 3.87. The maximum atomic E-state index is 12.8. The fourth-order valence-corrected chi connectivity index (χ4v) is 3.87. The van der Waals surface area contributed by atoms with Gasteiger partial charge in [-0.3, -0.25) is 14.4 Å². The number of ether oxygens (including phenoxy) is 1. The van der Waals surface area contributed by atoms with E-state index in [1.165, 1.54) is 12.1 Å². The second kappa shape index (κ2) is 10.1. The van der Waals surface area contributed by atoms with Crippen molar-refractivity contribution < 1.29 is 32.3 Å². The molecule has 1 aliphatic rings. The Morgan fingerprint density at radius 3 is 2.33 bits per heavy atom. The summed E-state index contributed by atoms with van der Waals surface area (Å²) in [5.74, 6) is -2.39. The lowest BCUT2D eigenvalue weighted by Crippen LogP contribution is -2.29. The minimum atomic E-state index is -4.54. The molecule has 0 spiro atoms. The SMILES string of the molecule is CCc1cccc(CC)c1N1C[C@@H](C(=O)OCC(=O)Nc2cccc(C(F)(F)F)c2)CC1=O. The van der Waals surface area contributed by atoms with Crippen molar-refractivity contribution in [2.75, 3.05) is 23.4 Å². The minimum Gasteiger partial charge on any atom is -0.455 e. The number of alkyl halides is 3. The smallest absolute Gasteiger partial charge is 0.416 e. The number of nitrogens with zero attached hydrogens (tertiary/aromatic N) is 1. The molecule has 0 radical (unpaired) electrons.